The van der Waals surface area contributed by atoms with Gasteiger partial charge in [0.1, 0.15) is 0 Å². The number of hydrogen-bond acceptors (Lipinski definition) is 2. The van der Waals surface area contributed by atoms with Gasteiger partial charge in [0.05, 0.1) is 11.6 Å². The van der Waals surface area contributed by atoms with Gasteiger partial charge in [-0.25, -0.2) is 4.79 Å². The molecule has 2 aliphatic rings. The van der Waals surface area contributed by atoms with Gasteiger partial charge in [-0.3, -0.25) is 0 Å². The number of rotatable bonds is 3. The first kappa shape index (κ1) is 15.9. The lowest BCUT2D eigenvalue weighted by Gasteiger charge is -2.37. The Balaban J connectivity index is 1.71. The fourth-order valence-corrected chi connectivity index (χ4v) is 4.15. The smallest absolute Gasteiger partial charge is 0.335 e. The summed E-state index contributed by atoms with van der Waals surface area (Å²) in [6.07, 6.45) is 5.49. The molecule has 1 aliphatic heterocycles. The normalized spacial score (nSPS) is 23.9. The van der Waals surface area contributed by atoms with Crippen molar-refractivity contribution in [3.05, 3.63) is 76.9 Å². The Kier molecular flexibility index (Phi) is 3.87. The number of aromatic carboxylic acids is 1. The fraction of sp³-hybridized carbons (Fsp3) is 0.318. The van der Waals surface area contributed by atoms with Crippen molar-refractivity contribution < 1.29 is 9.90 Å². The van der Waals surface area contributed by atoms with Crippen LogP contribution in [0.3, 0.4) is 0 Å². The summed E-state index contributed by atoms with van der Waals surface area (Å²) in [5.74, 6) is 0.379. The van der Waals surface area contributed by atoms with Gasteiger partial charge < -0.3 is 10.4 Å². The van der Waals surface area contributed by atoms with E-state index < -0.39 is 5.97 Å². The highest BCUT2D eigenvalue weighted by Gasteiger charge is 2.38. The molecular formula is C22H23NO2. The number of carbonyl (C=O) groups is 1. The highest BCUT2D eigenvalue weighted by Crippen LogP contribution is 2.50. The maximum absolute atomic E-state index is 11.3. The van der Waals surface area contributed by atoms with Crippen LogP contribution in [0.25, 0.3) is 0 Å². The first-order valence-corrected chi connectivity index (χ1v) is 8.95. The van der Waals surface area contributed by atoms with Crippen molar-refractivity contribution in [3.8, 4) is 0 Å². The van der Waals surface area contributed by atoms with Crippen LogP contribution < -0.4 is 5.32 Å². The number of allylic oxidation sites excluding steroid dienone is 2. The molecule has 0 bridgehead atoms. The summed E-state index contributed by atoms with van der Waals surface area (Å²) in [5.41, 5.74) is 5.17. The van der Waals surface area contributed by atoms with Crippen LogP contribution in [-0.2, 0) is 0 Å². The summed E-state index contributed by atoms with van der Waals surface area (Å²) in [4.78, 5) is 11.3. The quantitative estimate of drug-likeness (QED) is 0.746. The minimum atomic E-state index is -0.868. The van der Waals surface area contributed by atoms with E-state index in [1.807, 2.05) is 12.1 Å². The van der Waals surface area contributed by atoms with Gasteiger partial charge in [-0.2, -0.15) is 0 Å². The zero-order valence-corrected chi connectivity index (χ0v) is 14.6. The highest BCUT2D eigenvalue weighted by atomic mass is 16.4. The van der Waals surface area contributed by atoms with Gasteiger partial charge in [-0.15, -0.1) is 0 Å². The van der Waals surface area contributed by atoms with Crippen molar-refractivity contribution in [2.75, 3.05) is 5.32 Å². The predicted molar refractivity (Wildman–Crippen MR) is 100 cm³/mol. The Bertz CT molecular complexity index is 836. The third kappa shape index (κ3) is 2.74. The van der Waals surface area contributed by atoms with E-state index in [9.17, 15) is 9.90 Å². The van der Waals surface area contributed by atoms with Crippen LogP contribution in [0.15, 0.2) is 54.6 Å². The van der Waals surface area contributed by atoms with Crippen LogP contribution in [0.2, 0.25) is 0 Å². The molecule has 2 aromatic rings. The zero-order valence-electron chi connectivity index (χ0n) is 14.6. The minimum absolute atomic E-state index is 0.254. The van der Waals surface area contributed by atoms with Crippen molar-refractivity contribution in [1.29, 1.82) is 0 Å². The van der Waals surface area contributed by atoms with Gasteiger partial charge in [0.2, 0.25) is 0 Å². The average Bonchev–Trinajstić information content (AvgIpc) is 3.10. The molecule has 4 rings (SSSR count). The third-order valence-corrected chi connectivity index (χ3v) is 5.57. The van der Waals surface area contributed by atoms with E-state index in [-0.39, 0.29) is 12.0 Å². The van der Waals surface area contributed by atoms with Crippen molar-refractivity contribution in [1.82, 2.24) is 0 Å². The first-order valence-electron chi connectivity index (χ1n) is 8.95. The molecule has 0 saturated heterocycles. The Morgan fingerprint density at radius 2 is 1.92 bits per heavy atom. The number of carboxylic acids is 1. The third-order valence-electron chi connectivity index (χ3n) is 5.57. The molecule has 25 heavy (non-hydrogen) atoms. The van der Waals surface area contributed by atoms with Gasteiger partial charge in [-0.1, -0.05) is 50.3 Å². The van der Waals surface area contributed by atoms with Crippen LogP contribution in [0.5, 0.6) is 0 Å². The zero-order chi connectivity index (χ0) is 17.6. The molecule has 3 heteroatoms. The molecule has 0 amide bonds. The maximum Gasteiger partial charge on any atom is 0.335 e. The van der Waals surface area contributed by atoms with Crippen molar-refractivity contribution in [2.24, 2.45) is 5.92 Å². The standard InChI is InChI=1S/C22H23NO2/c1-13(2)14-6-8-15(9-7-14)21-18-5-3-4-17(18)19-12-16(22(24)25)10-11-20(19)23-21/h3-4,6-13,17-18,21,23H,5H2,1-2H3,(H,24,25)/t17-,18-,21-/m0/s1. The number of anilines is 1. The second kappa shape index (κ2) is 6.07. The monoisotopic (exact) mass is 333 g/mol. The molecule has 3 atom stereocenters. The van der Waals surface area contributed by atoms with Gasteiger partial charge in [0, 0.05) is 11.6 Å². The summed E-state index contributed by atoms with van der Waals surface area (Å²) in [5, 5.41) is 13.0. The number of hydrogen-bond donors (Lipinski definition) is 2. The summed E-state index contributed by atoms with van der Waals surface area (Å²) in [6, 6.07) is 14.6. The number of benzene rings is 2. The summed E-state index contributed by atoms with van der Waals surface area (Å²) in [6.45, 7) is 4.42. The Hall–Kier alpha value is -2.55. The van der Waals surface area contributed by atoms with Gasteiger partial charge in [0.25, 0.3) is 0 Å². The van der Waals surface area contributed by atoms with Gasteiger partial charge in [0.15, 0.2) is 0 Å². The van der Waals surface area contributed by atoms with Crippen LogP contribution >= 0.6 is 0 Å². The maximum atomic E-state index is 11.3. The second-order valence-corrected chi connectivity index (χ2v) is 7.40. The lowest BCUT2D eigenvalue weighted by atomic mass is 9.76. The molecular weight excluding hydrogens is 310 g/mol. The van der Waals surface area contributed by atoms with Crippen LogP contribution in [0.4, 0.5) is 5.69 Å². The van der Waals surface area contributed by atoms with E-state index in [4.69, 9.17) is 0 Å². The summed E-state index contributed by atoms with van der Waals surface area (Å²) >= 11 is 0. The molecule has 1 heterocycles. The Labute approximate surface area is 148 Å². The Morgan fingerprint density at radius 1 is 1.16 bits per heavy atom. The molecule has 0 fully saturated rings. The van der Waals surface area contributed by atoms with E-state index in [0.29, 0.717) is 17.4 Å². The molecule has 2 N–H and O–H groups in total. The number of nitrogens with one attached hydrogen (secondary N) is 1. The van der Waals surface area contributed by atoms with E-state index in [1.54, 1.807) is 6.07 Å². The number of carboxylic acid groups (broad SMARTS) is 1. The van der Waals surface area contributed by atoms with Crippen molar-refractivity contribution >= 4 is 11.7 Å². The number of fused-ring (bicyclic) bond motifs is 3. The Morgan fingerprint density at radius 3 is 2.60 bits per heavy atom. The topological polar surface area (TPSA) is 49.3 Å². The molecule has 2 aromatic carbocycles. The van der Waals surface area contributed by atoms with Crippen LogP contribution in [0, 0.1) is 5.92 Å². The first-order chi connectivity index (χ1) is 12.0. The summed E-state index contributed by atoms with van der Waals surface area (Å²) < 4.78 is 0. The lowest BCUT2D eigenvalue weighted by Crippen LogP contribution is -2.29. The van der Waals surface area contributed by atoms with Crippen LogP contribution in [-0.4, -0.2) is 11.1 Å². The lowest BCUT2D eigenvalue weighted by molar-refractivity contribution is 0.0696. The van der Waals surface area contributed by atoms with Gasteiger partial charge >= 0.3 is 5.97 Å². The van der Waals surface area contributed by atoms with Crippen molar-refractivity contribution in [2.45, 2.75) is 38.1 Å². The largest absolute Gasteiger partial charge is 0.478 e. The van der Waals surface area contributed by atoms with E-state index >= 15 is 0 Å². The second-order valence-electron chi connectivity index (χ2n) is 7.40. The van der Waals surface area contributed by atoms with Gasteiger partial charge in [-0.05, 0) is 53.1 Å². The average molecular weight is 333 g/mol. The van der Waals surface area contributed by atoms with Crippen molar-refractivity contribution in [3.63, 3.8) is 0 Å². The summed E-state index contributed by atoms with van der Waals surface area (Å²) in [7, 11) is 0. The van der Waals surface area contributed by atoms with E-state index in [2.05, 4.69) is 55.6 Å². The highest BCUT2D eigenvalue weighted by molar-refractivity contribution is 5.89. The van der Waals surface area contributed by atoms with E-state index in [0.717, 1.165) is 17.7 Å². The molecule has 0 aromatic heterocycles. The molecule has 128 valence electrons. The molecule has 0 spiro atoms. The predicted octanol–water partition coefficient (Wildman–Crippen LogP) is 5.33. The fourth-order valence-electron chi connectivity index (χ4n) is 4.15. The molecule has 0 unspecified atom stereocenters. The minimum Gasteiger partial charge on any atom is -0.478 e. The van der Waals surface area contributed by atoms with Crippen LogP contribution in [0.1, 0.15) is 65.2 Å². The molecule has 1 aliphatic carbocycles. The molecule has 0 saturated carbocycles. The SMILES string of the molecule is CC(C)c1ccc([C@@H]2Nc3ccc(C(=O)O)cc3[C@H]3C=CC[C@@H]32)cc1. The molecule has 3 nitrogen and oxygen atoms in total. The van der Waals surface area contributed by atoms with E-state index in [1.165, 1.54) is 11.1 Å². The molecule has 0 radical (unpaired) electrons.